The van der Waals surface area contributed by atoms with Gasteiger partial charge in [0, 0.05) is 19.2 Å². The summed E-state index contributed by atoms with van der Waals surface area (Å²) in [5.74, 6) is 0.0570. The van der Waals surface area contributed by atoms with E-state index in [0.717, 1.165) is 29.7 Å². The van der Waals surface area contributed by atoms with Gasteiger partial charge in [-0.1, -0.05) is 12.1 Å². The summed E-state index contributed by atoms with van der Waals surface area (Å²) >= 11 is 0. The summed E-state index contributed by atoms with van der Waals surface area (Å²) < 4.78 is 0. The molecular weight excluding hydrogens is 178 g/mol. The molecular formula is C11H13NO2. The Labute approximate surface area is 83.0 Å². The van der Waals surface area contributed by atoms with Gasteiger partial charge in [0.05, 0.1) is 6.61 Å². The first-order valence-corrected chi connectivity index (χ1v) is 4.70. The second kappa shape index (κ2) is 3.42. The van der Waals surface area contributed by atoms with Crippen molar-refractivity contribution in [1.82, 2.24) is 4.90 Å². The van der Waals surface area contributed by atoms with Crippen molar-refractivity contribution in [3.8, 4) is 0 Å². The Morgan fingerprint density at radius 3 is 3.00 bits per heavy atom. The van der Waals surface area contributed by atoms with Crippen LogP contribution in [0.15, 0.2) is 18.2 Å². The summed E-state index contributed by atoms with van der Waals surface area (Å²) in [5, 5.41) is 8.97. The lowest BCUT2D eigenvalue weighted by Gasteiger charge is -2.24. The van der Waals surface area contributed by atoms with Crippen LogP contribution in [0.4, 0.5) is 0 Å². The lowest BCUT2D eigenvalue weighted by molar-refractivity contribution is 0.0780. The number of nitrogens with zero attached hydrogens (tertiary/aromatic N) is 1. The van der Waals surface area contributed by atoms with E-state index in [-0.39, 0.29) is 12.5 Å². The van der Waals surface area contributed by atoms with Crippen molar-refractivity contribution >= 4 is 5.91 Å². The maximum Gasteiger partial charge on any atom is 0.253 e. The van der Waals surface area contributed by atoms with Crippen LogP contribution in [-0.2, 0) is 13.0 Å². The number of benzene rings is 1. The van der Waals surface area contributed by atoms with E-state index < -0.39 is 0 Å². The molecule has 0 saturated heterocycles. The predicted octanol–water partition coefficient (Wildman–Crippen LogP) is 0.807. The maximum atomic E-state index is 11.7. The standard InChI is InChI=1S/C11H13NO2/c1-12-5-4-9-3-2-8(7-13)6-10(9)11(12)14/h2-3,6,13H,4-5,7H2,1H3. The van der Waals surface area contributed by atoms with Gasteiger partial charge in [0.2, 0.25) is 0 Å². The van der Waals surface area contributed by atoms with Gasteiger partial charge in [-0.3, -0.25) is 4.79 Å². The van der Waals surface area contributed by atoms with E-state index in [2.05, 4.69) is 0 Å². The Hall–Kier alpha value is -1.35. The van der Waals surface area contributed by atoms with Gasteiger partial charge < -0.3 is 10.0 Å². The van der Waals surface area contributed by atoms with Gasteiger partial charge in [0.1, 0.15) is 0 Å². The lowest BCUT2D eigenvalue weighted by Crippen LogP contribution is -2.34. The van der Waals surface area contributed by atoms with Gasteiger partial charge in [0.25, 0.3) is 5.91 Å². The monoisotopic (exact) mass is 191 g/mol. The van der Waals surface area contributed by atoms with E-state index in [1.165, 1.54) is 0 Å². The van der Waals surface area contributed by atoms with Crippen molar-refractivity contribution < 1.29 is 9.90 Å². The van der Waals surface area contributed by atoms with Gasteiger partial charge >= 0.3 is 0 Å². The molecule has 0 radical (unpaired) electrons. The molecule has 1 amide bonds. The van der Waals surface area contributed by atoms with Crippen LogP contribution in [0.1, 0.15) is 21.5 Å². The molecule has 0 unspecified atom stereocenters. The maximum absolute atomic E-state index is 11.7. The first-order valence-electron chi connectivity index (χ1n) is 4.70. The quantitative estimate of drug-likeness (QED) is 0.713. The van der Waals surface area contributed by atoms with Crippen LogP contribution >= 0.6 is 0 Å². The largest absolute Gasteiger partial charge is 0.392 e. The third-order valence-corrected chi connectivity index (χ3v) is 2.65. The normalized spacial score (nSPS) is 15.6. The number of carbonyl (C=O) groups is 1. The molecule has 1 heterocycles. The Morgan fingerprint density at radius 2 is 2.29 bits per heavy atom. The molecule has 0 saturated carbocycles. The molecule has 1 aliphatic rings. The van der Waals surface area contributed by atoms with Gasteiger partial charge in [0.15, 0.2) is 0 Å². The molecule has 0 aliphatic carbocycles. The van der Waals surface area contributed by atoms with Crippen molar-refractivity contribution in [3.05, 3.63) is 34.9 Å². The molecule has 0 spiro atoms. The summed E-state index contributed by atoms with van der Waals surface area (Å²) in [4.78, 5) is 13.4. The molecule has 3 nitrogen and oxygen atoms in total. The Kier molecular flexibility index (Phi) is 2.25. The van der Waals surface area contributed by atoms with Crippen LogP contribution in [0.25, 0.3) is 0 Å². The minimum Gasteiger partial charge on any atom is -0.392 e. The number of likely N-dealkylation sites (N-methyl/N-ethyl adjacent to an activating group) is 1. The topological polar surface area (TPSA) is 40.5 Å². The molecule has 2 rings (SSSR count). The smallest absolute Gasteiger partial charge is 0.253 e. The van der Waals surface area contributed by atoms with Crippen LogP contribution in [-0.4, -0.2) is 29.5 Å². The summed E-state index contributed by atoms with van der Waals surface area (Å²) in [6.07, 6.45) is 0.906. The number of fused-ring (bicyclic) bond motifs is 1. The third-order valence-electron chi connectivity index (χ3n) is 2.65. The van der Waals surface area contributed by atoms with Crippen LogP contribution < -0.4 is 0 Å². The number of aliphatic hydroxyl groups excluding tert-OH is 1. The van der Waals surface area contributed by atoms with E-state index in [4.69, 9.17) is 5.11 Å². The Bertz CT molecular complexity index is 374. The fourth-order valence-corrected chi connectivity index (χ4v) is 1.73. The Morgan fingerprint density at radius 1 is 1.50 bits per heavy atom. The number of amides is 1. The predicted molar refractivity (Wildman–Crippen MR) is 53.0 cm³/mol. The molecule has 0 fully saturated rings. The third kappa shape index (κ3) is 1.40. The number of hydrogen-bond acceptors (Lipinski definition) is 2. The molecule has 14 heavy (non-hydrogen) atoms. The SMILES string of the molecule is CN1CCc2ccc(CO)cc2C1=O. The molecule has 1 aromatic carbocycles. The van der Waals surface area contributed by atoms with Crippen molar-refractivity contribution in [2.24, 2.45) is 0 Å². The van der Waals surface area contributed by atoms with E-state index in [0.29, 0.717) is 0 Å². The molecule has 0 aromatic heterocycles. The van der Waals surface area contributed by atoms with Crippen LogP contribution in [0.2, 0.25) is 0 Å². The number of rotatable bonds is 1. The number of aliphatic hydroxyl groups is 1. The number of carbonyl (C=O) groups excluding carboxylic acids is 1. The second-order valence-electron chi connectivity index (χ2n) is 3.63. The van der Waals surface area contributed by atoms with Crippen molar-refractivity contribution in [3.63, 3.8) is 0 Å². The minimum atomic E-state index is -0.00965. The lowest BCUT2D eigenvalue weighted by atomic mass is 9.97. The molecule has 74 valence electrons. The zero-order valence-electron chi connectivity index (χ0n) is 8.16. The van der Waals surface area contributed by atoms with Crippen molar-refractivity contribution in [2.75, 3.05) is 13.6 Å². The highest BCUT2D eigenvalue weighted by Crippen LogP contribution is 2.19. The highest BCUT2D eigenvalue weighted by atomic mass is 16.3. The van der Waals surface area contributed by atoms with Crippen LogP contribution in [0.5, 0.6) is 0 Å². The molecule has 0 atom stereocenters. The van der Waals surface area contributed by atoms with Gasteiger partial charge in [-0.25, -0.2) is 0 Å². The van der Waals surface area contributed by atoms with Gasteiger partial charge in [-0.2, -0.15) is 0 Å². The minimum absolute atomic E-state index is 0.00965. The summed E-state index contributed by atoms with van der Waals surface area (Å²) in [6.45, 7) is 0.772. The average molecular weight is 191 g/mol. The molecule has 0 bridgehead atoms. The second-order valence-corrected chi connectivity index (χ2v) is 3.63. The van der Waals surface area contributed by atoms with Crippen molar-refractivity contribution in [1.29, 1.82) is 0 Å². The van der Waals surface area contributed by atoms with E-state index >= 15 is 0 Å². The van der Waals surface area contributed by atoms with Gasteiger partial charge in [-0.05, 0) is 23.6 Å². The van der Waals surface area contributed by atoms with Crippen molar-refractivity contribution in [2.45, 2.75) is 13.0 Å². The van der Waals surface area contributed by atoms with Gasteiger partial charge in [-0.15, -0.1) is 0 Å². The highest BCUT2D eigenvalue weighted by Gasteiger charge is 2.21. The highest BCUT2D eigenvalue weighted by molar-refractivity contribution is 5.96. The fourth-order valence-electron chi connectivity index (χ4n) is 1.73. The Balaban J connectivity index is 2.46. The fraction of sp³-hybridized carbons (Fsp3) is 0.364. The first-order chi connectivity index (χ1) is 6.72. The van der Waals surface area contributed by atoms with E-state index in [1.807, 2.05) is 12.1 Å². The summed E-state index contributed by atoms with van der Waals surface area (Å²) in [5.41, 5.74) is 2.63. The molecule has 1 aromatic rings. The molecule has 1 aliphatic heterocycles. The zero-order valence-corrected chi connectivity index (χ0v) is 8.16. The van der Waals surface area contributed by atoms with Crippen LogP contribution in [0.3, 0.4) is 0 Å². The first kappa shape index (κ1) is 9.21. The molecule has 3 heteroatoms. The van der Waals surface area contributed by atoms with Crippen LogP contribution in [0, 0.1) is 0 Å². The zero-order chi connectivity index (χ0) is 10.1. The van der Waals surface area contributed by atoms with E-state index in [1.54, 1.807) is 18.0 Å². The summed E-state index contributed by atoms with van der Waals surface area (Å²) in [6, 6.07) is 5.59. The average Bonchev–Trinajstić information content (AvgIpc) is 2.23. The number of hydrogen-bond donors (Lipinski definition) is 1. The molecule has 1 N–H and O–H groups in total. The summed E-state index contributed by atoms with van der Waals surface area (Å²) in [7, 11) is 1.80. The van der Waals surface area contributed by atoms with E-state index in [9.17, 15) is 4.79 Å².